The smallest absolute Gasteiger partial charge is 0.272 e. The van der Waals surface area contributed by atoms with E-state index in [0.717, 1.165) is 21.7 Å². The van der Waals surface area contributed by atoms with Gasteiger partial charge < -0.3 is 16.0 Å². The van der Waals surface area contributed by atoms with Gasteiger partial charge in [-0.15, -0.1) is 23.1 Å². The number of hydrogen-bond donors (Lipinski definition) is 3. The van der Waals surface area contributed by atoms with E-state index < -0.39 is 5.91 Å². The number of nitrogens with zero attached hydrogens (tertiary/aromatic N) is 1. The van der Waals surface area contributed by atoms with Gasteiger partial charge >= 0.3 is 0 Å². The highest BCUT2D eigenvalue weighted by Crippen LogP contribution is 2.28. The molecule has 210 valence electrons. The number of benzene rings is 3. The third-order valence-corrected chi connectivity index (χ3v) is 8.55. The van der Waals surface area contributed by atoms with E-state index in [0.29, 0.717) is 16.4 Å². The number of hydrogen-bond acceptors (Lipinski definition) is 7. The molecule has 0 aliphatic rings. The second-order valence-electron chi connectivity index (χ2n) is 9.07. The number of anilines is 2. The standard InChI is InChI=1S/C32H26N4O3S3/c1-21(29(37)36-32-35-28(20-41-32)23-8-4-2-5-9-23)42-26-14-12-25(13-15-26)33-31(39)27(18-22-16-17-40-19-22)34-30(38)24-10-6-3-7-11-24/h2-21H,1H3,(H,33,39)(H,34,38)(H,35,36,37)/b27-18-. The summed E-state index contributed by atoms with van der Waals surface area (Å²) in [7, 11) is 0. The van der Waals surface area contributed by atoms with Crippen LogP contribution in [0.15, 0.2) is 118 Å². The number of amides is 3. The minimum Gasteiger partial charge on any atom is -0.321 e. The lowest BCUT2D eigenvalue weighted by atomic mass is 10.2. The summed E-state index contributed by atoms with van der Waals surface area (Å²) in [5, 5.41) is 14.4. The van der Waals surface area contributed by atoms with Crippen molar-refractivity contribution in [3.63, 3.8) is 0 Å². The molecule has 2 heterocycles. The van der Waals surface area contributed by atoms with Crippen LogP contribution in [0.25, 0.3) is 17.3 Å². The zero-order valence-electron chi connectivity index (χ0n) is 22.4. The average molecular weight is 611 g/mol. The van der Waals surface area contributed by atoms with Gasteiger partial charge in [0.1, 0.15) is 5.70 Å². The largest absolute Gasteiger partial charge is 0.321 e. The molecule has 0 aliphatic carbocycles. The minimum absolute atomic E-state index is 0.128. The molecule has 0 saturated heterocycles. The lowest BCUT2D eigenvalue weighted by Crippen LogP contribution is -2.30. The first kappa shape index (κ1) is 29.0. The van der Waals surface area contributed by atoms with Crippen LogP contribution in [0.3, 0.4) is 0 Å². The highest BCUT2D eigenvalue weighted by molar-refractivity contribution is 8.00. The Labute approximate surface area is 255 Å². The third kappa shape index (κ3) is 7.82. The summed E-state index contributed by atoms with van der Waals surface area (Å²) in [4.78, 5) is 44.1. The Bertz CT molecular complexity index is 1680. The van der Waals surface area contributed by atoms with Crippen molar-refractivity contribution in [2.75, 3.05) is 10.6 Å². The van der Waals surface area contributed by atoms with Crippen molar-refractivity contribution in [1.82, 2.24) is 10.3 Å². The average Bonchev–Trinajstić information content (AvgIpc) is 3.71. The summed E-state index contributed by atoms with van der Waals surface area (Å²) >= 11 is 4.29. The molecule has 3 amide bonds. The maximum Gasteiger partial charge on any atom is 0.272 e. The van der Waals surface area contributed by atoms with Crippen molar-refractivity contribution in [1.29, 1.82) is 0 Å². The van der Waals surface area contributed by atoms with Gasteiger partial charge in [-0.3, -0.25) is 14.4 Å². The zero-order valence-corrected chi connectivity index (χ0v) is 24.9. The second-order valence-corrected chi connectivity index (χ2v) is 12.1. The molecular weight excluding hydrogens is 585 g/mol. The molecule has 0 bridgehead atoms. The van der Waals surface area contributed by atoms with Gasteiger partial charge in [0.2, 0.25) is 5.91 Å². The van der Waals surface area contributed by atoms with Gasteiger partial charge in [-0.1, -0.05) is 48.5 Å². The monoisotopic (exact) mass is 610 g/mol. The third-order valence-electron chi connectivity index (χ3n) is 5.98. The molecule has 1 unspecified atom stereocenters. The number of aromatic nitrogens is 1. The van der Waals surface area contributed by atoms with Crippen LogP contribution in [0.1, 0.15) is 22.8 Å². The molecule has 10 heteroatoms. The Kier molecular flexibility index (Phi) is 9.60. The fourth-order valence-electron chi connectivity index (χ4n) is 3.82. The van der Waals surface area contributed by atoms with Crippen LogP contribution in [0.4, 0.5) is 10.8 Å². The summed E-state index contributed by atoms with van der Waals surface area (Å²) in [5.74, 6) is -0.971. The second kappa shape index (κ2) is 13.9. The van der Waals surface area contributed by atoms with E-state index in [-0.39, 0.29) is 22.8 Å². The van der Waals surface area contributed by atoms with Crippen LogP contribution in [0.2, 0.25) is 0 Å². The quantitative estimate of drug-likeness (QED) is 0.113. The van der Waals surface area contributed by atoms with Gasteiger partial charge in [-0.05, 0) is 71.8 Å². The normalized spacial score (nSPS) is 11.9. The first-order valence-electron chi connectivity index (χ1n) is 12.9. The molecule has 3 N–H and O–H groups in total. The van der Waals surface area contributed by atoms with E-state index in [1.807, 2.05) is 77.7 Å². The van der Waals surface area contributed by atoms with Crippen molar-refractivity contribution >= 4 is 69.1 Å². The predicted molar refractivity (Wildman–Crippen MR) is 173 cm³/mol. The first-order chi connectivity index (χ1) is 20.4. The molecule has 2 aromatic heterocycles. The van der Waals surface area contributed by atoms with Crippen LogP contribution in [-0.2, 0) is 9.59 Å². The van der Waals surface area contributed by atoms with Crippen LogP contribution < -0.4 is 16.0 Å². The summed E-state index contributed by atoms with van der Waals surface area (Å²) in [5.41, 5.74) is 3.77. The Hall–Kier alpha value is -4.51. The van der Waals surface area contributed by atoms with Crippen molar-refractivity contribution in [2.24, 2.45) is 0 Å². The summed E-state index contributed by atoms with van der Waals surface area (Å²) < 4.78 is 0. The molecule has 5 rings (SSSR count). The number of thiophene rings is 1. The molecule has 0 saturated carbocycles. The van der Waals surface area contributed by atoms with Crippen LogP contribution in [0, 0.1) is 0 Å². The lowest BCUT2D eigenvalue weighted by Gasteiger charge is -2.13. The number of rotatable bonds is 10. The maximum absolute atomic E-state index is 13.2. The molecule has 7 nitrogen and oxygen atoms in total. The van der Waals surface area contributed by atoms with Crippen LogP contribution in [-0.4, -0.2) is 28.0 Å². The summed E-state index contributed by atoms with van der Waals surface area (Å²) in [6.45, 7) is 1.83. The Morgan fingerprint density at radius 2 is 1.57 bits per heavy atom. The molecule has 5 aromatic rings. The summed E-state index contributed by atoms with van der Waals surface area (Å²) in [6.07, 6.45) is 1.64. The lowest BCUT2D eigenvalue weighted by molar-refractivity contribution is -0.115. The number of nitrogens with one attached hydrogen (secondary N) is 3. The first-order valence-corrected chi connectivity index (χ1v) is 15.6. The SMILES string of the molecule is CC(Sc1ccc(NC(=O)/C(=C/c2ccsc2)NC(=O)c2ccccc2)cc1)C(=O)Nc1nc(-c2ccccc2)cs1. The predicted octanol–water partition coefficient (Wildman–Crippen LogP) is 7.40. The van der Waals surface area contributed by atoms with Crippen molar-refractivity contribution < 1.29 is 14.4 Å². The zero-order chi connectivity index (χ0) is 29.3. The van der Waals surface area contributed by atoms with E-state index in [4.69, 9.17) is 0 Å². The molecule has 0 spiro atoms. The number of carbonyl (C=O) groups is 3. The van der Waals surface area contributed by atoms with Crippen molar-refractivity contribution in [3.05, 3.63) is 124 Å². The Balaban J connectivity index is 1.19. The number of carbonyl (C=O) groups excluding carboxylic acids is 3. The molecule has 3 aromatic carbocycles. The number of thioether (sulfide) groups is 1. The fourth-order valence-corrected chi connectivity index (χ4v) is 6.03. The molecule has 42 heavy (non-hydrogen) atoms. The fraction of sp³-hybridized carbons (Fsp3) is 0.0625. The molecular formula is C32H26N4O3S3. The maximum atomic E-state index is 13.2. The Morgan fingerprint density at radius 3 is 2.26 bits per heavy atom. The van der Waals surface area contributed by atoms with E-state index in [1.54, 1.807) is 42.5 Å². The highest BCUT2D eigenvalue weighted by atomic mass is 32.2. The molecule has 0 radical (unpaired) electrons. The van der Waals surface area contributed by atoms with Gasteiger partial charge in [0.05, 0.1) is 10.9 Å². The van der Waals surface area contributed by atoms with E-state index in [2.05, 4.69) is 20.9 Å². The van der Waals surface area contributed by atoms with E-state index in [9.17, 15) is 14.4 Å². The van der Waals surface area contributed by atoms with Crippen LogP contribution in [0.5, 0.6) is 0 Å². The van der Waals surface area contributed by atoms with Gasteiger partial charge in [-0.25, -0.2) is 4.98 Å². The van der Waals surface area contributed by atoms with Gasteiger partial charge in [0.25, 0.3) is 11.8 Å². The highest BCUT2D eigenvalue weighted by Gasteiger charge is 2.18. The van der Waals surface area contributed by atoms with Gasteiger partial charge in [0.15, 0.2) is 5.13 Å². The van der Waals surface area contributed by atoms with Crippen LogP contribution >= 0.6 is 34.4 Å². The Morgan fingerprint density at radius 1 is 0.857 bits per heavy atom. The molecule has 1 atom stereocenters. The van der Waals surface area contributed by atoms with E-state index >= 15 is 0 Å². The topological polar surface area (TPSA) is 100 Å². The molecule has 0 aliphatic heterocycles. The van der Waals surface area contributed by atoms with Crippen molar-refractivity contribution in [3.8, 4) is 11.3 Å². The number of thiazole rings is 1. The molecule has 0 fully saturated rings. The minimum atomic E-state index is -0.447. The van der Waals surface area contributed by atoms with Crippen molar-refractivity contribution in [2.45, 2.75) is 17.1 Å². The van der Waals surface area contributed by atoms with Gasteiger partial charge in [0, 0.05) is 27.1 Å². The van der Waals surface area contributed by atoms with Gasteiger partial charge in [-0.2, -0.15) is 11.3 Å². The summed E-state index contributed by atoms with van der Waals surface area (Å²) in [6, 6.07) is 27.6. The van der Waals surface area contributed by atoms with E-state index in [1.165, 1.54) is 34.4 Å².